The summed E-state index contributed by atoms with van der Waals surface area (Å²) in [5.41, 5.74) is 10.9. The summed E-state index contributed by atoms with van der Waals surface area (Å²) in [6.45, 7) is 3.67. The molecule has 1 aliphatic heterocycles. The number of nitrogens with two attached hydrogens (primary N) is 1. The fourth-order valence-corrected chi connectivity index (χ4v) is 2.61. The molecule has 25 heavy (non-hydrogen) atoms. The molecule has 0 fully saturated rings. The third kappa shape index (κ3) is 4.66. The molecule has 1 unspecified atom stereocenters. The minimum Gasteiger partial charge on any atom is -0.405 e. The first-order chi connectivity index (χ1) is 12.0. The lowest BCUT2D eigenvalue weighted by Crippen LogP contribution is -2.42. The highest BCUT2D eigenvalue weighted by Crippen LogP contribution is 2.23. The van der Waals surface area contributed by atoms with Crippen molar-refractivity contribution in [3.63, 3.8) is 0 Å². The highest BCUT2D eigenvalue weighted by atomic mass is 19.1. The van der Waals surface area contributed by atoms with E-state index >= 15 is 0 Å². The van der Waals surface area contributed by atoms with Crippen molar-refractivity contribution in [3.05, 3.63) is 53.6 Å². The van der Waals surface area contributed by atoms with Gasteiger partial charge in [0.2, 0.25) is 0 Å². The predicted molar refractivity (Wildman–Crippen MR) is 95.0 cm³/mol. The maximum absolute atomic E-state index is 13.3. The SMILES string of the molecule is CC(C)N1NC(CC(C=CN)=Nc2ccc(F)cc2CO)C=C1C#N. The molecule has 1 aromatic carbocycles. The maximum Gasteiger partial charge on any atom is 0.128 e. The van der Waals surface area contributed by atoms with Crippen molar-refractivity contribution in [2.24, 2.45) is 10.7 Å². The maximum atomic E-state index is 13.3. The van der Waals surface area contributed by atoms with Crippen molar-refractivity contribution in [1.82, 2.24) is 10.4 Å². The number of hydrogen-bond acceptors (Lipinski definition) is 6. The zero-order valence-electron chi connectivity index (χ0n) is 14.3. The van der Waals surface area contributed by atoms with E-state index in [2.05, 4.69) is 16.5 Å². The third-order valence-corrected chi connectivity index (χ3v) is 3.75. The minimum absolute atomic E-state index is 0.106. The van der Waals surface area contributed by atoms with Crippen LogP contribution >= 0.6 is 0 Å². The number of hydrogen-bond donors (Lipinski definition) is 3. The van der Waals surface area contributed by atoms with Gasteiger partial charge in [0.15, 0.2) is 0 Å². The van der Waals surface area contributed by atoms with Crippen molar-refractivity contribution in [2.45, 2.75) is 39.0 Å². The van der Waals surface area contributed by atoms with Gasteiger partial charge in [-0.3, -0.25) is 10.0 Å². The fourth-order valence-electron chi connectivity index (χ4n) is 2.61. The Bertz CT molecular complexity index is 748. The van der Waals surface area contributed by atoms with Crippen LogP contribution in [0, 0.1) is 17.1 Å². The summed E-state index contributed by atoms with van der Waals surface area (Å²) in [4.78, 5) is 4.50. The lowest BCUT2D eigenvalue weighted by atomic mass is 10.1. The molecule has 1 atom stereocenters. The Hall–Kier alpha value is -2.69. The second-order valence-electron chi connectivity index (χ2n) is 5.96. The second-order valence-corrected chi connectivity index (χ2v) is 5.96. The van der Waals surface area contributed by atoms with Gasteiger partial charge in [-0.1, -0.05) is 0 Å². The number of rotatable bonds is 6. The van der Waals surface area contributed by atoms with Crippen molar-refractivity contribution in [2.75, 3.05) is 0 Å². The molecule has 1 aliphatic rings. The van der Waals surface area contributed by atoms with E-state index in [0.29, 0.717) is 29.1 Å². The van der Waals surface area contributed by atoms with Crippen LogP contribution in [-0.4, -0.2) is 27.9 Å². The minimum atomic E-state index is -0.425. The first-order valence-electron chi connectivity index (χ1n) is 8.01. The number of nitriles is 1. The van der Waals surface area contributed by atoms with E-state index in [0.717, 1.165) is 0 Å². The molecule has 0 aliphatic carbocycles. The smallest absolute Gasteiger partial charge is 0.128 e. The van der Waals surface area contributed by atoms with Crippen molar-refractivity contribution >= 4 is 11.4 Å². The molecule has 7 heteroatoms. The van der Waals surface area contributed by atoms with Crippen LogP contribution in [0.1, 0.15) is 25.8 Å². The summed E-state index contributed by atoms with van der Waals surface area (Å²) in [5.74, 6) is -0.425. The first kappa shape index (κ1) is 18.6. The molecule has 132 valence electrons. The lowest BCUT2D eigenvalue weighted by molar-refractivity contribution is 0.214. The average Bonchev–Trinajstić information content (AvgIpc) is 2.99. The van der Waals surface area contributed by atoms with Gasteiger partial charge in [-0.2, -0.15) is 5.26 Å². The van der Waals surface area contributed by atoms with Crippen LogP contribution in [0.15, 0.2) is 47.2 Å². The zero-order valence-corrected chi connectivity index (χ0v) is 14.3. The molecule has 4 N–H and O–H groups in total. The summed E-state index contributed by atoms with van der Waals surface area (Å²) < 4.78 is 13.3. The number of nitrogens with zero attached hydrogens (tertiary/aromatic N) is 3. The molecule has 6 nitrogen and oxygen atoms in total. The second kappa shape index (κ2) is 8.42. The Balaban J connectivity index is 2.26. The van der Waals surface area contributed by atoms with Gasteiger partial charge in [0.05, 0.1) is 18.3 Å². The monoisotopic (exact) mass is 343 g/mol. The number of hydrazine groups is 1. The topological polar surface area (TPSA) is 97.7 Å². The van der Waals surface area contributed by atoms with Crippen LogP contribution in [0.4, 0.5) is 10.1 Å². The van der Waals surface area contributed by atoms with Gasteiger partial charge in [0, 0.05) is 23.7 Å². The van der Waals surface area contributed by atoms with Gasteiger partial charge in [-0.25, -0.2) is 9.82 Å². The number of aliphatic hydroxyl groups is 1. The Kier molecular flexibility index (Phi) is 6.28. The normalized spacial score (nSPS) is 18.1. The highest BCUT2D eigenvalue weighted by molar-refractivity contribution is 5.97. The standard InChI is InChI=1S/C18H22FN5O/c1-12(2)24-17(10-21)9-16(23-24)8-15(5-6-20)22-18-4-3-14(19)7-13(18)11-25/h3-7,9,12,16,23,25H,8,11,20H2,1-2H3. The van der Waals surface area contributed by atoms with Gasteiger partial charge in [-0.05, 0) is 50.4 Å². The van der Waals surface area contributed by atoms with Gasteiger partial charge in [0.1, 0.15) is 17.6 Å². The molecule has 0 saturated heterocycles. The summed E-state index contributed by atoms with van der Waals surface area (Å²) in [6, 6.07) is 6.27. The van der Waals surface area contributed by atoms with Gasteiger partial charge < -0.3 is 10.8 Å². The number of aliphatic hydroxyl groups excluding tert-OH is 1. The van der Waals surface area contributed by atoms with Crippen LogP contribution in [0.25, 0.3) is 0 Å². The van der Waals surface area contributed by atoms with Crippen LogP contribution in [0.5, 0.6) is 0 Å². The Morgan fingerprint density at radius 1 is 1.56 bits per heavy atom. The van der Waals surface area contributed by atoms with Crippen LogP contribution < -0.4 is 11.2 Å². The van der Waals surface area contributed by atoms with Crippen LogP contribution in [-0.2, 0) is 6.61 Å². The Morgan fingerprint density at radius 3 is 2.88 bits per heavy atom. The largest absolute Gasteiger partial charge is 0.405 e. The quantitative estimate of drug-likeness (QED) is 0.688. The first-order valence-corrected chi connectivity index (χ1v) is 8.01. The van der Waals surface area contributed by atoms with E-state index in [1.165, 1.54) is 24.4 Å². The number of aliphatic imine (C=N–C) groups is 1. The predicted octanol–water partition coefficient (Wildman–Crippen LogP) is 2.26. The van der Waals surface area contributed by atoms with E-state index in [9.17, 15) is 14.8 Å². The highest BCUT2D eigenvalue weighted by Gasteiger charge is 2.25. The molecule has 0 aromatic heterocycles. The number of benzene rings is 1. The molecule has 0 bridgehead atoms. The lowest BCUT2D eigenvalue weighted by Gasteiger charge is -2.25. The Morgan fingerprint density at radius 2 is 2.32 bits per heavy atom. The third-order valence-electron chi connectivity index (χ3n) is 3.75. The van der Waals surface area contributed by atoms with Crippen molar-refractivity contribution in [1.29, 1.82) is 5.26 Å². The molecular formula is C18H22FN5O. The average molecular weight is 343 g/mol. The summed E-state index contributed by atoms with van der Waals surface area (Å²) in [5, 5.41) is 20.4. The Labute approximate surface area is 146 Å². The molecule has 0 radical (unpaired) electrons. The summed E-state index contributed by atoms with van der Waals surface area (Å²) in [6.07, 6.45) is 5.37. The van der Waals surface area contributed by atoms with Gasteiger partial charge >= 0.3 is 0 Å². The number of halogens is 1. The van der Waals surface area contributed by atoms with E-state index in [4.69, 9.17) is 5.73 Å². The molecule has 0 saturated carbocycles. The molecular weight excluding hydrogens is 321 g/mol. The molecule has 2 rings (SSSR count). The van der Waals surface area contributed by atoms with E-state index < -0.39 is 5.82 Å². The number of allylic oxidation sites excluding steroid dienone is 2. The van der Waals surface area contributed by atoms with E-state index in [1.807, 2.05) is 24.9 Å². The summed E-state index contributed by atoms with van der Waals surface area (Å²) in [7, 11) is 0. The van der Waals surface area contributed by atoms with Gasteiger partial charge in [-0.15, -0.1) is 0 Å². The van der Waals surface area contributed by atoms with Crippen LogP contribution in [0.3, 0.4) is 0 Å². The van der Waals surface area contributed by atoms with E-state index in [-0.39, 0.29) is 18.7 Å². The molecule has 1 heterocycles. The number of nitrogens with one attached hydrogen (secondary N) is 1. The van der Waals surface area contributed by atoms with Crippen molar-refractivity contribution in [3.8, 4) is 6.07 Å². The van der Waals surface area contributed by atoms with E-state index in [1.54, 1.807) is 6.08 Å². The summed E-state index contributed by atoms with van der Waals surface area (Å²) >= 11 is 0. The molecule has 0 spiro atoms. The molecule has 0 amide bonds. The van der Waals surface area contributed by atoms with Crippen LogP contribution in [0.2, 0.25) is 0 Å². The molecule has 1 aromatic rings. The fraction of sp³-hybridized carbons (Fsp3) is 0.333. The zero-order chi connectivity index (χ0) is 18.4. The van der Waals surface area contributed by atoms with Crippen molar-refractivity contribution < 1.29 is 9.50 Å². The van der Waals surface area contributed by atoms with Gasteiger partial charge in [0.25, 0.3) is 0 Å².